The molecular weight excluding hydrogens is 346 g/mol. The van der Waals surface area contributed by atoms with Gasteiger partial charge in [-0.1, -0.05) is 17.3 Å². The fourth-order valence-electron chi connectivity index (χ4n) is 2.17. The summed E-state index contributed by atoms with van der Waals surface area (Å²) in [7, 11) is 0. The minimum Gasteiger partial charge on any atom is -0.391 e. The van der Waals surface area contributed by atoms with Crippen LogP contribution in [0, 0.1) is 4.91 Å². The molecule has 0 saturated carbocycles. The molecule has 0 aliphatic rings. The summed E-state index contributed by atoms with van der Waals surface area (Å²) in [6.07, 6.45) is -1.17. The lowest BCUT2D eigenvalue weighted by molar-refractivity contribution is -0.133. The summed E-state index contributed by atoms with van der Waals surface area (Å²) < 4.78 is 0. The van der Waals surface area contributed by atoms with E-state index in [4.69, 9.17) is 5.21 Å². The lowest BCUT2D eigenvalue weighted by Crippen LogP contribution is -2.51. The number of aliphatic hydroxyl groups excluding tert-OH is 1. The third kappa shape index (κ3) is 4.69. The standard InChI is InChI=1S/C16H17N3O5S/c1-9(20)14(16(22)19-24)18-15(21)11-4-2-10(3-5-11)13-7-6-12(25-13)8-17-23/h2-7,9,14,20,24H,8H2,1H3,(H,18,21)(H,19,22)/t9-,14+/m1/s1. The van der Waals surface area contributed by atoms with Gasteiger partial charge in [0.25, 0.3) is 11.8 Å². The van der Waals surface area contributed by atoms with Crippen LogP contribution in [0.25, 0.3) is 10.4 Å². The second kappa shape index (κ2) is 8.47. The van der Waals surface area contributed by atoms with Gasteiger partial charge in [0.15, 0.2) is 0 Å². The molecule has 0 spiro atoms. The van der Waals surface area contributed by atoms with Crippen LogP contribution < -0.4 is 10.8 Å². The Bertz CT molecular complexity index is 757. The van der Waals surface area contributed by atoms with Crippen molar-refractivity contribution >= 4 is 23.2 Å². The Morgan fingerprint density at radius 2 is 1.88 bits per heavy atom. The second-order valence-electron chi connectivity index (χ2n) is 5.30. The molecular formula is C16H17N3O5S. The zero-order valence-electron chi connectivity index (χ0n) is 13.3. The van der Waals surface area contributed by atoms with Gasteiger partial charge in [-0.15, -0.1) is 11.3 Å². The number of nitrogens with zero attached hydrogens (tertiary/aromatic N) is 1. The van der Waals surface area contributed by atoms with Crippen molar-refractivity contribution in [1.29, 1.82) is 0 Å². The SMILES string of the molecule is C[C@@H](O)[C@H](NC(=O)c1ccc(-c2ccc(CN=O)s2)cc1)C(=O)NO. The van der Waals surface area contributed by atoms with Gasteiger partial charge in [-0.2, -0.15) is 4.91 Å². The van der Waals surface area contributed by atoms with Crippen LogP contribution in [-0.2, 0) is 11.3 Å². The monoisotopic (exact) mass is 363 g/mol. The molecule has 1 aromatic heterocycles. The molecule has 0 fully saturated rings. The number of amides is 2. The average Bonchev–Trinajstić information content (AvgIpc) is 3.07. The molecule has 2 atom stereocenters. The number of benzene rings is 1. The first kappa shape index (κ1) is 18.7. The van der Waals surface area contributed by atoms with Crippen LogP contribution in [0.5, 0.6) is 0 Å². The molecule has 1 aromatic carbocycles. The number of carbonyl (C=O) groups excluding carboxylic acids is 2. The topological polar surface area (TPSA) is 128 Å². The normalized spacial score (nSPS) is 12.9. The lowest BCUT2D eigenvalue weighted by atomic mass is 10.1. The number of aliphatic hydroxyl groups is 1. The molecule has 2 amide bonds. The van der Waals surface area contributed by atoms with E-state index in [0.717, 1.165) is 15.3 Å². The summed E-state index contributed by atoms with van der Waals surface area (Å²) >= 11 is 1.44. The smallest absolute Gasteiger partial charge is 0.268 e. The van der Waals surface area contributed by atoms with Gasteiger partial charge in [-0.3, -0.25) is 14.8 Å². The Kier molecular flexibility index (Phi) is 6.34. The Labute approximate surface area is 147 Å². The maximum absolute atomic E-state index is 12.2. The number of carbonyl (C=O) groups is 2. The molecule has 2 rings (SSSR count). The summed E-state index contributed by atoms with van der Waals surface area (Å²) in [6, 6.07) is 9.06. The molecule has 8 nitrogen and oxygen atoms in total. The molecule has 0 aliphatic carbocycles. The zero-order valence-corrected chi connectivity index (χ0v) is 14.1. The highest BCUT2D eigenvalue weighted by molar-refractivity contribution is 7.15. The van der Waals surface area contributed by atoms with Gasteiger partial charge >= 0.3 is 0 Å². The maximum atomic E-state index is 12.2. The minimum absolute atomic E-state index is 0.124. The Morgan fingerprint density at radius 3 is 2.44 bits per heavy atom. The molecule has 9 heteroatoms. The molecule has 132 valence electrons. The highest BCUT2D eigenvalue weighted by Crippen LogP contribution is 2.28. The number of hydrogen-bond donors (Lipinski definition) is 4. The van der Waals surface area contributed by atoms with Gasteiger partial charge in [0.1, 0.15) is 12.6 Å². The van der Waals surface area contributed by atoms with E-state index in [-0.39, 0.29) is 6.54 Å². The molecule has 0 aliphatic heterocycles. The fourth-order valence-corrected chi connectivity index (χ4v) is 3.09. The number of thiophene rings is 1. The van der Waals surface area contributed by atoms with Crippen molar-refractivity contribution in [2.75, 3.05) is 0 Å². The highest BCUT2D eigenvalue weighted by atomic mass is 32.1. The number of hydroxylamine groups is 1. The van der Waals surface area contributed by atoms with Crippen LogP contribution in [-0.4, -0.2) is 34.3 Å². The molecule has 0 unspecified atom stereocenters. The summed E-state index contributed by atoms with van der Waals surface area (Å²) in [4.78, 5) is 35.7. The zero-order chi connectivity index (χ0) is 18.4. The van der Waals surface area contributed by atoms with Gasteiger partial charge in [0.05, 0.1) is 6.10 Å². The number of nitroso groups, excluding NO2 is 1. The first-order valence-corrected chi connectivity index (χ1v) is 8.19. The van der Waals surface area contributed by atoms with Crippen molar-refractivity contribution in [2.45, 2.75) is 25.6 Å². The predicted molar refractivity (Wildman–Crippen MR) is 92.1 cm³/mol. The van der Waals surface area contributed by atoms with E-state index >= 15 is 0 Å². The number of hydrogen-bond acceptors (Lipinski definition) is 7. The summed E-state index contributed by atoms with van der Waals surface area (Å²) in [6.45, 7) is 1.45. The van der Waals surface area contributed by atoms with E-state index in [1.165, 1.54) is 23.7 Å². The Hall–Kier alpha value is -2.62. The van der Waals surface area contributed by atoms with Crippen LogP contribution in [0.15, 0.2) is 41.6 Å². The third-order valence-electron chi connectivity index (χ3n) is 3.48. The minimum atomic E-state index is -1.27. The van der Waals surface area contributed by atoms with Crippen molar-refractivity contribution < 1.29 is 19.9 Å². The van der Waals surface area contributed by atoms with E-state index in [1.807, 2.05) is 12.1 Å². The summed E-state index contributed by atoms with van der Waals surface area (Å²) in [5.74, 6) is -1.46. The predicted octanol–water partition coefficient (Wildman–Crippen LogP) is 1.67. The van der Waals surface area contributed by atoms with Crippen LogP contribution in [0.4, 0.5) is 0 Å². The molecule has 2 aromatic rings. The lowest BCUT2D eigenvalue weighted by Gasteiger charge is -2.19. The van der Waals surface area contributed by atoms with Gasteiger partial charge < -0.3 is 10.4 Å². The van der Waals surface area contributed by atoms with Gasteiger partial charge in [-0.25, -0.2) is 5.48 Å². The van der Waals surface area contributed by atoms with Gasteiger partial charge in [0, 0.05) is 15.3 Å². The third-order valence-corrected chi connectivity index (χ3v) is 4.59. The second-order valence-corrected chi connectivity index (χ2v) is 6.47. The van der Waals surface area contributed by atoms with E-state index in [2.05, 4.69) is 10.5 Å². The molecule has 0 saturated heterocycles. The van der Waals surface area contributed by atoms with Crippen LogP contribution in [0.2, 0.25) is 0 Å². The van der Waals surface area contributed by atoms with Crippen molar-refractivity contribution in [2.24, 2.45) is 5.18 Å². The Balaban J connectivity index is 2.11. The molecule has 4 N–H and O–H groups in total. The van der Waals surface area contributed by atoms with E-state index in [0.29, 0.717) is 5.56 Å². The molecule has 25 heavy (non-hydrogen) atoms. The van der Waals surface area contributed by atoms with E-state index < -0.39 is 24.0 Å². The fraction of sp³-hybridized carbons (Fsp3) is 0.250. The van der Waals surface area contributed by atoms with Crippen LogP contribution in [0.1, 0.15) is 22.2 Å². The maximum Gasteiger partial charge on any atom is 0.268 e. The first-order valence-electron chi connectivity index (χ1n) is 7.37. The number of rotatable bonds is 7. The van der Waals surface area contributed by atoms with Crippen LogP contribution >= 0.6 is 11.3 Å². The largest absolute Gasteiger partial charge is 0.391 e. The molecule has 1 heterocycles. The van der Waals surface area contributed by atoms with Gasteiger partial charge in [-0.05, 0) is 36.8 Å². The summed E-state index contributed by atoms with van der Waals surface area (Å²) in [5.41, 5.74) is 2.58. The molecule has 0 radical (unpaired) electrons. The van der Waals surface area contributed by atoms with Crippen molar-refractivity contribution in [1.82, 2.24) is 10.8 Å². The highest BCUT2D eigenvalue weighted by Gasteiger charge is 2.25. The van der Waals surface area contributed by atoms with Crippen LogP contribution in [0.3, 0.4) is 0 Å². The van der Waals surface area contributed by atoms with E-state index in [9.17, 15) is 19.6 Å². The molecule has 0 bridgehead atoms. The van der Waals surface area contributed by atoms with Gasteiger partial charge in [0.2, 0.25) is 0 Å². The van der Waals surface area contributed by atoms with Crippen molar-refractivity contribution in [3.05, 3.63) is 51.7 Å². The number of nitrogens with one attached hydrogen (secondary N) is 2. The quantitative estimate of drug-likeness (QED) is 0.338. The average molecular weight is 363 g/mol. The van der Waals surface area contributed by atoms with E-state index in [1.54, 1.807) is 24.3 Å². The van der Waals surface area contributed by atoms with Crippen molar-refractivity contribution in [3.63, 3.8) is 0 Å². The summed E-state index contributed by atoms with van der Waals surface area (Å²) in [5, 5.41) is 23.4. The van der Waals surface area contributed by atoms with Crippen molar-refractivity contribution in [3.8, 4) is 10.4 Å². The first-order chi connectivity index (χ1) is 12.0. The Morgan fingerprint density at radius 1 is 1.20 bits per heavy atom.